The highest BCUT2D eigenvalue weighted by atomic mass is 35.5. The van der Waals surface area contributed by atoms with Gasteiger partial charge in [-0.05, 0) is 41.9 Å². The summed E-state index contributed by atoms with van der Waals surface area (Å²) in [4.78, 5) is 22.5. The van der Waals surface area contributed by atoms with E-state index in [1.807, 2.05) is 36.4 Å². The zero-order valence-electron chi connectivity index (χ0n) is 20.3. The lowest BCUT2D eigenvalue weighted by molar-refractivity contribution is -0.118. The Morgan fingerprint density at radius 1 is 0.943 bits per heavy atom. The standard InChI is InChI=1S/C28H30ClN3O2S/c1-4-31(5-2)17-18-32(28-30-26-24(34-3)16-15-23(29)27(26)35-28)25(33)19-20-11-13-22(14-12-20)21-9-7-6-8-10-21/h6-16H,4-5,17-19H2,1-3H3. The lowest BCUT2D eigenvalue weighted by Gasteiger charge is -2.24. The molecule has 182 valence electrons. The molecule has 0 aliphatic carbocycles. The molecule has 0 unspecified atom stereocenters. The number of halogens is 1. The zero-order valence-corrected chi connectivity index (χ0v) is 21.9. The minimum atomic E-state index is 0.0127. The second kappa shape index (κ2) is 11.7. The van der Waals surface area contributed by atoms with Crippen molar-refractivity contribution in [3.63, 3.8) is 0 Å². The van der Waals surface area contributed by atoms with Crippen molar-refractivity contribution in [2.45, 2.75) is 20.3 Å². The summed E-state index contributed by atoms with van der Waals surface area (Å²) in [5.74, 6) is 0.665. The first kappa shape index (κ1) is 25.2. The van der Waals surface area contributed by atoms with Crippen LogP contribution in [-0.4, -0.2) is 49.1 Å². The minimum absolute atomic E-state index is 0.0127. The van der Waals surface area contributed by atoms with E-state index in [0.29, 0.717) is 34.4 Å². The Kier molecular flexibility index (Phi) is 8.39. The monoisotopic (exact) mass is 507 g/mol. The number of amides is 1. The van der Waals surface area contributed by atoms with E-state index in [-0.39, 0.29) is 5.91 Å². The average Bonchev–Trinajstić information content (AvgIpc) is 3.34. The molecule has 35 heavy (non-hydrogen) atoms. The van der Waals surface area contributed by atoms with E-state index in [0.717, 1.165) is 41.0 Å². The van der Waals surface area contributed by atoms with Gasteiger partial charge in [0.05, 0.1) is 23.3 Å². The number of ether oxygens (including phenoxy) is 1. The van der Waals surface area contributed by atoms with Crippen LogP contribution in [0.2, 0.25) is 5.02 Å². The highest BCUT2D eigenvalue weighted by molar-refractivity contribution is 7.23. The molecule has 5 nitrogen and oxygen atoms in total. The molecule has 4 aromatic rings. The molecule has 0 aliphatic rings. The normalized spacial score (nSPS) is 11.2. The van der Waals surface area contributed by atoms with Crippen LogP contribution < -0.4 is 9.64 Å². The number of hydrogen-bond acceptors (Lipinski definition) is 5. The van der Waals surface area contributed by atoms with E-state index in [1.165, 1.54) is 11.3 Å². The number of likely N-dealkylation sites (N-methyl/N-ethyl adjacent to an activating group) is 1. The molecule has 7 heteroatoms. The molecule has 4 rings (SSSR count). The molecule has 1 heterocycles. The quantitative estimate of drug-likeness (QED) is 0.244. The second-order valence-corrected chi connectivity index (χ2v) is 9.62. The molecule has 0 aliphatic heterocycles. The van der Waals surface area contributed by atoms with Crippen molar-refractivity contribution < 1.29 is 9.53 Å². The van der Waals surface area contributed by atoms with E-state index in [1.54, 1.807) is 18.1 Å². The van der Waals surface area contributed by atoms with Gasteiger partial charge in [0.1, 0.15) is 11.3 Å². The Labute approximate surface area is 215 Å². The first-order chi connectivity index (χ1) is 17.0. The maximum Gasteiger partial charge on any atom is 0.233 e. The van der Waals surface area contributed by atoms with Crippen molar-refractivity contribution in [1.82, 2.24) is 9.88 Å². The van der Waals surface area contributed by atoms with Crippen molar-refractivity contribution in [3.05, 3.63) is 77.3 Å². The number of fused-ring (bicyclic) bond motifs is 1. The Morgan fingerprint density at radius 3 is 2.29 bits per heavy atom. The lowest BCUT2D eigenvalue weighted by atomic mass is 10.0. The SMILES string of the molecule is CCN(CC)CCN(C(=O)Cc1ccc(-c2ccccc2)cc1)c1nc2c(OC)ccc(Cl)c2s1. The van der Waals surface area contributed by atoms with Crippen LogP contribution in [0.5, 0.6) is 5.75 Å². The number of aromatic nitrogens is 1. The topological polar surface area (TPSA) is 45.7 Å². The van der Waals surface area contributed by atoms with Crippen molar-refractivity contribution >= 4 is 44.2 Å². The number of anilines is 1. The molecule has 0 spiro atoms. The fraction of sp³-hybridized carbons (Fsp3) is 0.286. The molecular weight excluding hydrogens is 478 g/mol. The van der Waals surface area contributed by atoms with Gasteiger partial charge < -0.3 is 9.64 Å². The van der Waals surface area contributed by atoms with Gasteiger partial charge in [-0.25, -0.2) is 4.98 Å². The molecule has 0 atom stereocenters. The van der Waals surface area contributed by atoms with Crippen LogP contribution in [0.4, 0.5) is 5.13 Å². The predicted octanol–water partition coefficient (Wildman–Crippen LogP) is 6.54. The van der Waals surface area contributed by atoms with Gasteiger partial charge in [-0.1, -0.05) is 91.4 Å². The number of carbonyl (C=O) groups excluding carboxylic acids is 1. The largest absolute Gasteiger partial charge is 0.494 e. The minimum Gasteiger partial charge on any atom is -0.494 e. The van der Waals surface area contributed by atoms with Crippen LogP contribution in [-0.2, 0) is 11.2 Å². The van der Waals surface area contributed by atoms with Gasteiger partial charge in [0.2, 0.25) is 5.91 Å². The number of thiazole rings is 1. The Bertz CT molecular complexity index is 1270. The van der Waals surface area contributed by atoms with Gasteiger partial charge in [-0.15, -0.1) is 0 Å². The number of benzene rings is 3. The number of rotatable bonds is 10. The van der Waals surface area contributed by atoms with E-state index in [2.05, 4.69) is 43.0 Å². The number of carbonyl (C=O) groups is 1. The second-order valence-electron chi connectivity index (χ2n) is 8.24. The van der Waals surface area contributed by atoms with E-state index in [9.17, 15) is 4.79 Å². The fourth-order valence-corrected chi connectivity index (χ4v) is 5.34. The third kappa shape index (κ3) is 5.84. The smallest absolute Gasteiger partial charge is 0.233 e. The Morgan fingerprint density at radius 2 is 1.63 bits per heavy atom. The molecule has 0 saturated carbocycles. The van der Waals surface area contributed by atoms with E-state index < -0.39 is 0 Å². The third-order valence-corrected chi connectivity index (χ3v) is 7.69. The molecule has 0 saturated heterocycles. The zero-order chi connectivity index (χ0) is 24.8. The fourth-order valence-electron chi connectivity index (χ4n) is 4.05. The first-order valence-electron chi connectivity index (χ1n) is 11.8. The highest BCUT2D eigenvalue weighted by Crippen LogP contribution is 2.38. The van der Waals surface area contributed by atoms with Crippen LogP contribution in [0, 0.1) is 0 Å². The summed E-state index contributed by atoms with van der Waals surface area (Å²) in [5, 5.41) is 1.25. The summed E-state index contributed by atoms with van der Waals surface area (Å²) < 4.78 is 6.31. The maximum atomic E-state index is 13.6. The third-order valence-electron chi connectivity index (χ3n) is 6.15. The molecule has 1 amide bonds. The van der Waals surface area contributed by atoms with Gasteiger partial charge >= 0.3 is 0 Å². The Balaban J connectivity index is 1.60. The maximum absolute atomic E-state index is 13.6. The lowest BCUT2D eigenvalue weighted by Crippen LogP contribution is -2.39. The molecule has 0 fully saturated rings. The summed E-state index contributed by atoms with van der Waals surface area (Å²) in [5.41, 5.74) is 3.95. The van der Waals surface area contributed by atoms with Crippen LogP contribution in [0.1, 0.15) is 19.4 Å². The van der Waals surface area contributed by atoms with Crippen molar-refractivity contribution in [2.24, 2.45) is 0 Å². The molecule has 0 N–H and O–H groups in total. The summed E-state index contributed by atoms with van der Waals surface area (Å²) in [6, 6.07) is 22.0. The van der Waals surface area contributed by atoms with Gasteiger partial charge in [0.25, 0.3) is 0 Å². The van der Waals surface area contributed by atoms with Crippen LogP contribution in [0.15, 0.2) is 66.7 Å². The van der Waals surface area contributed by atoms with Crippen LogP contribution >= 0.6 is 22.9 Å². The van der Waals surface area contributed by atoms with E-state index in [4.69, 9.17) is 21.3 Å². The predicted molar refractivity (Wildman–Crippen MR) is 147 cm³/mol. The van der Waals surface area contributed by atoms with Crippen LogP contribution in [0.25, 0.3) is 21.3 Å². The molecular formula is C28H30ClN3O2S. The molecule has 0 radical (unpaired) electrons. The van der Waals surface area contributed by atoms with Gasteiger partial charge in [-0.2, -0.15) is 0 Å². The molecule has 3 aromatic carbocycles. The number of hydrogen-bond donors (Lipinski definition) is 0. The molecule has 0 bridgehead atoms. The summed E-state index contributed by atoms with van der Waals surface area (Å²) >= 11 is 7.88. The van der Waals surface area contributed by atoms with Crippen LogP contribution in [0.3, 0.4) is 0 Å². The van der Waals surface area contributed by atoms with Crippen molar-refractivity contribution in [2.75, 3.05) is 38.2 Å². The average molecular weight is 508 g/mol. The summed E-state index contributed by atoms with van der Waals surface area (Å²) in [6.07, 6.45) is 0.300. The number of methoxy groups -OCH3 is 1. The summed E-state index contributed by atoms with van der Waals surface area (Å²) in [7, 11) is 1.62. The van der Waals surface area contributed by atoms with Gasteiger partial charge in [0, 0.05) is 13.1 Å². The van der Waals surface area contributed by atoms with Crippen molar-refractivity contribution in [1.29, 1.82) is 0 Å². The van der Waals surface area contributed by atoms with Crippen molar-refractivity contribution in [3.8, 4) is 16.9 Å². The number of nitrogens with zero attached hydrogens (tertiary/aromatic N) is 3. The first-order valence-corrected chi connectivity index (χ1v) is 13.0. The summed E-state index contributed by atoms with van der Waals surface area (Å²) in [6.45, 7) is 7.45. The van der Waals surface area contributed by atoms with E-state index >= 15 is 0 Å². The Hall–Kier alpha value is -2.93. The molecule has 1 aromatic heterocycles. The highest BCUT2D eigenvalue weighted by Gasteiger charge is 2.23. The van der Waals surface area contributed by atoms with Gasteiger partial charge in [-0.3, -0.25) is 9.69 Å². The van der Waals surface area contributed by atoms with Gasteiger partial charge in [0.15, 0.2) is 5.13 Å².